The fourth-order valence-corrected chi connectivity index (χ4v) is 8.38. The number of para-hydroxylation sites is 3. The Hall–Kier alpha value is -8.15. The van der Waals surface area contributed by atoms with Crippen LogP contribution in [0, 0.1) is 0 Å². The molecule has 0 aliphatic rings. The lowest BCUT2D eigenvalue weighted by Crippen LogP contribution is -1.97. The first kappa shape index (κ1) is 36.0. The fourth-order valence-electron chi connectivity index (χ4n) is 8.38. The zero-order valence-electron chi connectivity index (χ0n) is 33.3. The Balaban J connectivity index is 1.04. The molecule has 0 fully saturated rings. The molecule has 0 N–H and O–H groups in total. The minimum absolute atomic E-state index is 0.616. The number of rotatable bonds is 8. The van der Waals surface area contributed by atoms with E-state index >= 15 is 0 Å². The van der Waals surface area contributed by atoms with E-state index in [1.807, 2.05) is 73.7 Å². The van der Waals surface area contributed by atoms with E-state index in [0.29, 0.717) is 5.82 Å². The molecule has 0 unspecified atom stereocenters. The van der Waals surface area contributed by atoms with Crippen LogP contribution in [0.5, 0.6) is 0 Å². The fraction of sp³-hybridized carbons (Fsp3) is 0.0179. The topological polar surface area (TPSA) is 65.0 Å². The summed E-state index contributed by atoms with van der Waals surface area (Å²) in [5, 5.41) is 4.08. The van der Waals surface area contributed by atoms with Crippen molar-refractivity contribution in [1.29, 1.82) is 0 Å². The average molecular weight is 784 g/mol. The molecule has 4 aromatic heterocycles. The maximum absolute atomic E-state index is 6.52. The van der Waals surface area contributed by atoms with Gasteiger partial charge in [0.15, 0.2) is 5.82 Å². The van der Waals surface area contributed by atoms with E-state index in [9.17, 15) is 0 Å². The molecular weight excluding hydrogens is 747 g/mol. The Morgan fingerprint density at radius 3 is 1.82 bits per heavy atom. The molecule has 0 saturated carbocycles. The lowest BCUT2D eigenvalue weighted by Gasteiger charge is -2.12. The SMILES string of the molecule is C=C(c1ccc(-c2nc(-c3cccc(-c4ccccc4)c3)cc(-c3cccc(-c4nc5ccccc5c5oc6ccccc6c45)c3)n2)cc1)c1oc2ccccc2c1/C=C\C. The molecule has 0 saturated heterocycles. The summed E-state index contributed by atoms with van der Waals surface area (Å²) in [5.74, 6) is 1.37. The molecule has 0 spiro atoms. The quantitative estimate of drug-likeness (QED) is 0.154. The van der Waals surface area contributed by atoms with Gasteiger partial charge in [-0.2, -0.15) is 0 Å². The van der Waals surface area contributed by atoms with Gasteiger partial charge in [0.1, 0.15) is 22.5 Å². The summed E-state index contributed by atoms with van der Waals surface area (Å²) in [5.41, 5.74) is 14.7. The Morgan fingerprint density at radius 2 is 1.08 bits per heavy atom. The van der Waals surface area contributed by atoms with Crippen LogP contribution in [0.1, 0.15) is 23.8 Å². The highest BCUT2D eigenvalue weighted by Gasteiger charge is 2.20. The molecule has 0 bridgehead atoms. The first-order valence-corrected chi connectivity index (χ1v) is 20.4. The van der Waals surface area contributed by atoms with Gasteiger partial charge in [-0.1, -0.05) is 158 Å². The van der Waals surface area contributed by atoms with E-state index in [1.54, 1.807) is 0 Å². The van der Waals surface area contributed by atoms with Gasteiger partial charge in [-0.25, -0.2) is 15.0 Å². The molecule has 5 heteroatoms. The molecule has 11 rings (SSSR count). The van der Waals surface area contributed by atoms with Gasteiger partial charge >= 0.3 is 0 Å². The van der Waals surface area contributed by atoms with Crippen LogP contribution < -0.4 is 0 Å². The van der Waals surface area contributed by atoms with Crippen molar-refractivity contribution in [3.8, 4) is 56.3 Å². The maximum atomic E-state index is 6.52. The third-order valence-corrected chi connectivity index (χ3v) is 11.4. The molecule has 0 aliphatic heterocycles. The predicted octanol–water partition coefficient (Wildman–Crippen LogP) is 15.1. The van der Waals surface area contributed by atoms with Crippen molar-refractivity contribution in [2.45, 2.75) is 6.92 Å². The largest absolute Gasteiger partial charge is 0.455 e. The summed E-state index contributed by atoms with van der Waals surface area (Å²) >= 11 is 0. The Labute approximate surface area is 352 Å². The standard InChI is InChI=1S/C56H37N3O2/c1-3-15-44-43-22-8-11-26-50(43)60-54(44)35(2)36-28-30-38(31-29-36)56-58-48(40-19-13-18-39(32-40)37-16-5-4-6-17-37)34-49(59-56)41-20-14-21-42(33-41)53-52-46-24-9-12-27-51(46)61-55(52)45-23-7-10-25-47(45)57-53/h3-34H,2H2,1H3/b15-3-. The number of furan rings is 2. The third-order valence-electron chi connectivity index (χ3n) is 11.4. The van der Waals surface area contributed by atoms with Crippen molar-refractivity contribution in [2.24, 2.45) is 0 Å². The number of pyridine rings is 1. The van der Waals surface area contributed by atoms with Crippen molar-refractivity contribution >= 4 is 55.5 Å². The number of benzene rings is 7. The van der Waals surface area contributed by atoms with Crippen molar-refractivity contribution in [1.82, 2.24) is 15.0 Å². The van der Waals surface area contributed by atoms with Gasteiger partial charge in [-0.05, 0) is 66.1 Å². The smallest absolute Gasteiger partial charge is 0.160 e. The van der Waals surface area contributed by atoms with Crippen molar-refractivity contribution < 1.29 is 8.83 Å². The zero-order chi connectivity index (χ0) is 40.9. The minimum Gasteiger partial charge on any atom is -0.455 e. The first-order chi connectivity index (χ1) is 30.1. The normalized spacial score (nSPS) is 11.7. The molecule has 0 amide bonds. The number of aromatic nitrogens is 3. The van der Waals surface area contributed by atoms with E-state index in [1.165, 1.54) is 0 Å². The van der Waals surface area contributed by atoms with Crippen molar-refractivity contribution in [3.63, 3.8) is 0 Å². The van der Waals surface area contributed by atoms with Crippen LogP contribution in [-0.4, -0.2) is 15.0 Å². The highest BCUT2D eigenvalue weighted by Crippen LogP contribution is 2.41. The lowest BCUT2D eigenvalue weighted by molar-refractivity contribution is 0.600. The average Bonchev–Trinajstić information content (AvgIpc) is 3.91. The molecule has 5 nitrogen and oxygen atoms in total. The van der Waals surface area contributed by atoms with E-state index in [0.717, 1.165) is 117 Å². The maximum Gasteiger partial charge on any atom is 0.160 e. The number of nitrogens with zero attached hydrogens (tertiary/aromatic N) is 3. The number of hydrogen-bond donors (Lipinski definition) is 0. The minimum atomic E-state index is 0.616. The number of fused-ring (bicyclic) bond motifs is 6. The van der Waals surface area contributed by atoms with Crippen LogP contribution in [-0.2, 0) is 0 Å². The monoisotopic (exact) mass is 783 g/mol. The van der Waals surface area contributed by atoms with E-state index in [4.69, 9.17) is 23.8 Å². The second kappa shape index (κ2) is 14.9. The lowest BCUT2D eigenvalue weighted by atomic mass is 9.98. The number of hydrogen-bond acceptors (Lipinski definition) is 5. The summed E-state index contributed by atoms with van der Waals surface area (Å²) in [6.45, 7) is 6.50. The molecule has 4 heterocycles. The summed E-state index contributed by atoms with van der Waals surface area (Å²) in [7, 11) is 0. The van der Waals surface area contributed by atoms with Crippen LogP contribution in [0.15, 0.2) is 203 Å². The molecule has 11 aromatic rings. The van der Waals surface area contributed by atoms with E-state index in [-0.39, 0.29) is 0 Å². The Bertz CT molecular complexity index is 3500. The first-order valence-electron chi connectivity index (χ1n) is 20.4. The summed E-state index contributed by atoms with van der Waals surface area (Å²) in [6, 6.07) is 62.2. The van der Waals surface area contributed by atoms with E-state index in [2.05, 4.69) is 134 Å². The molecule has 7 aromatic carbocycles. The van der Waals surface area contributed by atoms with Crippen LogP contribution in [0.25, 0.3) is 112 Å². The van der Waals surface area contributed by atoms with Gasteiger partial charge in [0, 0.05) is 49.5 Å². The molecule has 0 aliphatic carbocycles. The Kier molecular flexibility index (Phi) is 8.79. The zero-order valence-corrected chi connectivity index (χ0v) is 33.3. The molecule has 0 radical (unpaired) electrons. The van der Waals surface area contributed by atoms with Gasteiger partial charge < -0.3 is 8.83 Å². The van der Waals surface area contributed by atoms with E-state index < -0.39 is 0 Å². The third kappa shape index (κ3) is 6.40. The van der Waals surface area contributed by atoms with Gasteiger partial charge in [-0.3, -0.25) is 0 Å². The van der Waals surface area contributed by atoms with Crippen LogP contribution in [0.4, 0.5) is 0 Å². The van der Waals surface area contributed by atoms with Crippen LogP contribution in [0.3, 0.4) is 0 Å². The van der Waals surface area contributed by atoms with Gasteiger partial charge in [0.05, 0.1) is 28.0 Å². The summed E-state index contributed by atoms with van der Waals surface area (Å²) < 4.78 is 12.9. The van der Waals surface area contributed by atoms with Gasteiger partial charge in [0.25, 0.3) is 0 Å². The summed E-state index contributed by atoms with van der Waals surface area (Å²) in [6.07, 6.45) is 4.11. The second-order valence-corrected chi connectivity index (χ2v) is 15.2. The predicted molar refractivity (Wildman–Crippen MR) is 251 cm³/mol. The van der Waals surface area contributed by atoms with Crippen LogP contribution >= 0.6 is 0 Å². The van der Waals surface area contributed by atoms with Crippen molar-refractivity contribution in [3.05, 3.63) is 212 Å². The number of allylic oxidation sites excluding steroid dienone is 1. The molecule has 288 valence electrons. The highest BCUT2D eigenvalue weighted by atomic mass is 16.3. The van der Waals surface area contributed by atoms with Crippen molar-refractivity contribution in [2.75, 3.05) is 0 Å². The molecule has 61 heavy (non-hydrogen) atoms. The molecule has 0 atom stereocenters. The Morgan fingerprint density at radius 1 is 0.492 bits per heavy atom. The summed E-state index contributed by atoms with van der Waals surface area (Å²) in [4.78, 5) is 15.8. The second-order valence-electron chi connectivity index (χ2n) is 15.2. The molecular formula is C56H37N3O2. The van der Waals surface area contributed by atoms with Gasteiger partial charge in [0.2, 0.25) is 0 Å². The van der Waals surface area contributed by atoms with Crippen LogP contribution in [0.2, 0.25) is 0 Å². The highest BCUT2D eigenvalue weighted by molar-refractivity contribution is 6.19. The van der Waals surface area contributed by atoms with Gasteiger partial charge in [-0.15, -0.1) is 0 Å².